The summed E-state index contributed by atoms with van der Waals surface area (Å²) < 4.78 is 5.40. The van der Waals surface area contributed by atoms with Crippen LogP contribution in [-0.2, 0) is 0 Å². The lowest BCUT2D eigenvalue weighted by atomic mass is 10.3. The van der Waals surface area contributed by atoms with Crippen molar-refractivity contribution >= 4 is 17.3 Å². The Bertz CT molecular complexity index is 513. The van der Waals surface area contributed by atoms with Crippen LogP contribution in [0.25, 0.3) is 0 Å². The molecule has 2 N–H and O–H groups in total. The number of hydrogen-bond acceptors (Lipinski definition) is 5. The molecule has 0 aliphatic heterocycles. The first-order valence-electron chi connectivity index (χ1n) is 6.37. The molecule has 0 fully saturated rings. The molecule has 2 aromatic rings. The minimum Gasteiger partial charge on any atom is -0.494 e. The first-order valence-corrected chi connectivity index (χ1v) is 6.37. The number of ether oxygens (including phenoxy) is 1. The maximum atomic E-state index is 5.40. The highest BCUT2D eigenvalue weighted by molar-refractivity contribution is 5.59. The molecule has 19 heavy (non-hydrogen) atoms. The molecule has 5 heteroatoms. The van der Waals surface area contributed by atoms with Crippen LogP contribution in [0.1, 0.15) is 13.8 Å². The van der Waals surface area contributed by atoms with Gasteiger partial charge in [-0.15, -0.1) is 0 Å². The Kier molecular flexibility index (Phi) is 4.55. The van der Waals surface area contributed by atoms with Gasteiger partial charge in [0.05, 0.1) is 6.61 Å². The van der Waals surface area contributed by atoms with E-state index in [-0.39, 0.29) is 0 Å². The molecule has 1 heterocycles. The summed E-state index contributed by atoms with van der Waals surface area (Å²) in [6.45, 7) is 5.50. The van der Waals surface area contributed by atoms with Crippen molar-refractivity contribution in [2.75, 3.05) is 23.8 Å². The summed E-state index contributed by atoms with van der Waals surface area (Å²) in [7, 11) is 0. The van der Waals surface area contributed by atoms with E-state index in [2.05, 4.69) is 20.6 Å². The third kappa shape index (κ3) is 3.84. The van der Waals surface area contributed by atoms with Crippen molar-refractivity contribution in [3.63, 3.8) is 0 Å². The molecule has 0 radical (unpaired) electrons. The fourth-order valence-electron chi connectivity index (χ4n) is 1.65. The van der Waals surface area contributed by atoms with Crippen LogP contribution in [0.15, 0.2) is 36.7 Å². The second-order valence-corrected chi connectivity index (χ2v) is 3.90. The molecular formula is C14H18N4O. The minimum absolute atomic E-state index is 0.671. The summed E-state index contributed by atoms with van der Waals surface area (Å²) in [5.41, 5.74) is 0.963. The Morgan fingerprint density at radius 1 is 1.05 bits per heavy atom. The molecular weight excluding hydrogens is 240 g/mol. The fraction of sp³-hybridized carbons (Fsp3) is 0.286. The Hall–Kier alpha value is -2.30. The van der Waals surface area contributed by atoms with Gasteiger partial charge in [0, 0.05) is 18.3 Å². The number of hydrogen-bond donors (Lipinski definition) is 2. The van der Waals surface area contributed by atoms with Gasteiger partial charge in [0.1, 0.15) is 23.7 Å². The van der Waals surface area contributed by atoms with Gasteiger partial charge in [-0.3, -0.25) is 0 Å². The largest absolute Gasteiger partial charge is 0.494 e. The van der Waals surface area contributed by atoms with Crippen molar-refractivity contribution in [1.29, 1.82) is 0 Å². The number of benzene rings is 1. The summed E-state index contributed by atoms with van der Waals surface area (Å²) in [6.07, 6.45) is 1.54. The van der Waals surface area contributed by atoms with Gasteiger partial charge in [-0.1, -0.05) is 0 Å². The highest BCUT2D eigenvalue weighted by Gasteiger charge is 1.99. The van der Waals surface area contributed by atoms with E-state index in [1.165, 1.54) is 6.33 Å². The lowest BCUT2D eigenvalue weighted by Gasteiger charge is -2.08. The summed E-state index contributed by atoms with van der Waals surface area (Å²) in [4.78, 5) is 8.31. The van der Waals surface area contributed by atoms with Crippen LogP contribution in [0.2, 0.25) is 0 Å². The Balaban J connectivity index is 2.05. The molecule has 0 bridgehead atoms. The van der Waals surface area contributed by atoms with Crippen LogP contribution < -0.4 is 15.4 Å². The third-order valence-electron chi connectivity index (χ3n) is 2.46. The van der Waals surface area contributed by atoms with Crippen LogP contribution in [0.3, 0.4) is 0 Å². The zero-order valence-corrected chi connectivity index (χ0v) is 11.2. The van der Waals surface area contributed by atoms with E-state index >= 15 is 0 Å². The van der Waals surface area contributed by atoms with Gasteiger partial charge in [-0.25, -0.2) is 9.97 Å². The second-order valence-electron chi connectivity index (χ2n) is 3.90. The Morgan fingerprint density at radius 2 is 1.79 bits per heavy atom. The molecule has 100 valence electrons. The van der Waals surface area contributed by atoms with Gasteiger partial charge in [0.2, 0.25) is 0 Å². The average Bonchev–Trinajstić information content (AvgIpc) is 2.42. The molecule has 0 saturated carbocycles. The number of nitrogens with one attached hydrogen (secondary N) is 2. The summed E-state index contributed by atoms with van der Waals surface area (Å²) in [5, 5.41) is 6.37. The van der Waals surface area contributed by atoms with Gasteiger partial charge >= 0.3 is 0 Å². The second kappa shape index (κ2) is 6.58. The van der Waals surface area contributed by atoms with Gasteiger partial charge in [0.25, 0.3) is 0 Å². The minimum atomic E-state index is 0.671. The zero-order chi connectivity index (χ0) is 13.5. The van der Waals surface area contributed by atoms with E-state index in [0.717, 1.165) is 29.6 Å². The van der Waals surface area contributed by atoms with Crippen molar-refractivity contribution < 1.29 is 4.74 Å². The van der Waals surface area contributed by atoms with Crippen molar-refractivity contribution in [2.45, 2.75) is 13.8 Å². The van der Waals surface area contributed by atoms with Crippen molar-refractivity contribution in [2.24, 2.45) is 0 Å². The molecule has 5 nitrogen and oxygen atoms in total. The maximum absolute atomic E-state index is 5.40. The van der Waals surface area contributed by atoms with Crippen LogP contribution in [0.4, 0.5) is 17.3 Å². The van der Waals surface area contributed by atoms with Crippen molar-refractivity contribution in [3.05, 3.63) is 36.7 Å². The predicted octanol–water partition coefficient (Wildman–Crippen LogP) is 3.05. The fourth-order valence-corrected chi connectivity index (χ4v) is 1.65. The molecule has 0 unspecified atom stereocenters. The number of anilines is 3. The van der Waals surface area contributed by atoms with E-state index in [4.69, 9.17) is 4.74 Å². The number of rotatable bonds is 6. The van der Waals surface area contributed by atoms with Crippen molar-refractivity contribution in [1.82, 2.24) is 9.97 Å². The zero-order valence-electron chi connectivity index (χ0n) is 11.2. The highest BCUT2D eigenvalue weighted by atomic mass is 16.5. The van der Waals surface area contributed by atoms with Crippen LogP contribution >= 0.6 is 0 Å². The monoisotopic (exact) mass is 258 g/mol. The molecule has 0 saturated heterocycles. The first-order chi connectivity index (χ1) is 9.31. The predicted molar refractivity (Wildman–Crippen MR) is 77.1 cm³/mol. The Labute approximate surface area is 113 Å². The molecule has 0 atom stereocenters. The van der Waals surface area contributed by atoms with E-state index in [0.29, 0.717) is 6.61 Å². The SMILES string of the molecule is CCNc1cc(Nc2ccc(OCC)cc2)ncn1. The Morgan fingerprint density at radius 3 is 2.47 bits per heavy atom. The van der Waals surface area contributed by atoms with Gasteiger partial charge in [-0.2, -0.15) is 0 Å². The van der Waals surface area contributed by atoms with Gasteiger partial charge < -0.3 is 15.4 Å². The molecule has 1 aromatic carbocycles. The smallest absolute Gasteiger partial charge is 0.135 e. The summed E-state index contributed by atoms with van der Waals surface area (Å²) >= 11 is 0. The molecule has 0 aliphatic carbocycles. The number of nitrogens with zero attached hydrogens (tertiary/aromatic N) is 2. The normalized spacial score (nSPS) is 10.0. The molecule has 0 spiro atoms. The maximum Gasteiger partial charge on any atom is 0.135 e. The third-order valence-corrected chi connectivity index (χ3v) is 2.46. The van der Waals surface area contributed by atoms with E-state index < -0.39 is 0 Å². The summed E-state index contributed by atoms with van der Waals surface area (Å²) in [6, 6.07) is 9.65. The standard InChI is InChI=1S/C14H18N4O/c1-3-15-13-9-14(17-10-16-13)18-11-5-7-12(8-6-11)19-4-2/h5-10H,3-4H2,1-2H3,(H2,15,16,17,18). The van der Waals surface area contributed by atoms with E-state index in [1.54, 1.807) is 0 Å². The van der Waals surface area contributed by atoms with Gasteiger partial charge in [-0.05, 0) is 38.1 Å². The van der Waals surface area contributed by atoms with E-state index in [1.807, 2.05) is 44.2 Å². The first kappa shape index (κ1) is 13.1. The molecule has 1 aromatic heterocycles. The topological polar surface area (TPSA) is 59.1 Å². The summed E-state index contributed by atoms with van der Waals surface area (Å²) in [5.74, 6) is 2.44. The average molecular weight is 258 g/mol. The van der Waals surface area contributed by atoms with E-state index in [9.17, 15) is 0 Å². The highest BCUT2D eigenvalue weighted by Crippen LogP contribution is 2.19. The van der Waals surface area contributed by atoms with Crippen LogP contribution in [0.5, 0.6) is 5.75 Å². The van der Waals surface area contributed by atoms with Crippen LogP contribution in [-0.4, -0.2) is 23.1 Å². The van der Waals surface area contributed by atoms with Gasteiger partial charge in [0.15, 0.2) is 0 Å². The van der Waals surface area contributed by atoms with Crippen LogP contribution in [0, 0.1) is 0 Å². The van der Waals surface area contributed by atoms with Crippen molar-refractivity contribution in [3.8, 4) is 5.75 Å². The molecule has 0 amide bonds. The quantitative estimate of drug-likeness (QED) is 0.834. The number of aromatic nitrogens is 2. The molecule has 2 rings (SSSR count). The molecule has 0 aliphatic rings. The lowest BCUT2D eigenvalue weighted by Crippen LogP contribution is -2.01. The lowest BCUT2D eigenvalue weighted by molar-refractivity contribution is 0.340.